The predicted octanol–water partition coefficient (Wildman–Crippen LogP) is 4.47. The molecular weight excluding hydrogens is 458 g/mol. The maximum Gasteiger partial charge on any atom is 0.238 e. The highest BCUT2D eigenvalue weighted by Crippen LogP contribution is 2.37. The summed E-state index contributed by atoms with van der Waals surface area (Å²) in [5.41, 5.74) is 2.24. The van der Waals surface area contributed by atoms with Crippen molar-refractivity contribution in [2.24, 2.45) is 10.1 Å². The summed E-state index contributed by atoms with van der Waals surface area (Å²) in [6.07, 6.45) is -1.00. The molecule has 0 saturated heterocycles. The minimum Gasteiger partial charge on any atom is -0.371 e. The van der Waals surface area contributed by atoms with Gasteiger partial charge in [0.1, 0.15) is 11.9 Å². The van der Waals surface area contributed by atoms with Crippen LogP contribution in [0.5, 0.6) is 0 Å². The van der Waals surface area contributed by atoms with Gasteiger partial charge in [-0.05, 0) is 70.9 Å². The van der Waals surface area contributed by atoms with Crippen LogP contribution in [0.25, 0.3) is 10.8 Å². The van der Waals surface area contributed by atoms with E-state index >= 15 is 0 Å². The molecule has 0 bridgehead atoms. The molecule has 0 aliphatic carbocycles. The molecular formula is C25H20ClN3O3S. The van der Waals surface area contributed by atoms with Gasteiger partial charge < -0.3 is 5.11 Å². The number of hydrogen-bond donors (Lipinski definition) is 2. The van der Waals surface area contributed by atoms with Gasteiger partial charge in [-0.15, -0.1) is 0 Å². The second-order valence-electron chi connectivity index (χ2n) is 7.83. The van der Waals surface area contributed by atoms with Gasteiger partial charge in [0.15, 0.2) is 6.23 Å². The molecule has 1 heterocycles. The number of rotatable bonds is 4. The Kier molecular flexibility index (Phi) is 5.42. The summed E-state index contributed by atoms with van der Waals surface area (Å²) in [6.45, 7) is 0. The van der Waals surface area contributed by atoms with Crippen LogP contribution >= 0.6 is 11.6 Å². The van der Waals surface area contributed by atoms with E-state index in [1.54, 1.807) is 29.2 Å². The molecule has 1 aliphatic rings. The van der Waals surface area contributed by atoms with Gasteiger partial charge in [0.05, 0.1) is 4.90 Å². The van der Waals surface area contributed by atoms with Gasteiger partial charge in [-0.2, -0.15) is 0 Å². The first-order valence-corrected chi connectivity index (χ1v) is 12.2. The number of nitrogens with zero attached hydrogens (tertiary/aromatic N) is 2. The Labute approximate surface area is 196 Å². The highest BCUT2D eigenvalue weighted by atomic mass is 35.5. The number of aliphatic imine (C=N–C) groups is 1. The summed E-state index contributed by atoms with van der Waals surface area (Å²) >= 11 is 6.07. The van der Waals surface area contributed by atoms with Crippen molar-refractivity contribution in [3.63, 3.8) is 0 Å². The normalized spacial score (nSPS) is 18.5. The minimum atomic E-state index is -3.83. The molecule has 6 nitrogen and oxygen atoms in total. The van der Waals surface area contributed by atoms with E-state index in [9.17, 15) is 13.5 Å². The molecule has 2 atom stereocenters. The Morgan fingerprint density at radius 1 is 0.879 bits per heavy atom. The number of hydrogen-bond acceptors (Lipinski definition) is 5. The Hall–Kier alpha value is -3.23. The van der Waals surface area contributed by atoms with Gasteiger partial charge >= 0.3 is 0 Å². The number of anilines is 1. The Morgan fingerprint density at radius 2 is 1.55 bits per heavy atom. The van der Waals surface area contributed by atoms with Crippen LogP contribution in [0.2, 0.25) is 5.02 Å². The van der Waals surface area contributed by atoms with Crippen LogP contribution in [-0.2, 0) is 10.0 Å². The molecule has 0 aromatic heterocycles. The maximum atomic E-state index is 11.7. The molecule has 3 N–H and O–H groups in total. The van der Waals surface area contributed by atoms with Crippen molar-refractivity contribution in [3.8, 4) is 0 Å². The molecule has 0 spiro atoms. The van der Waals surface area contributed by atoms with Crippen molar-refractivity contribution in [1.82, 2.24) is 0 Å². The van der Waals surface area contributed by atoms with Crippen LogP contribution in [0.15, 0.2) is 101 Å². The van der Waals surface area contributed by atoms with Crippen molar-refractivity contribution in [2.75, 3.05) is 4.90 Å². The molecule has 4 aromatic rings. The molecule has 0 saturated carbocycles. The zero-order chi connectivity index (χ0) is 23.2. The summed E-state index contributed by atoms with van der Waals surface area (Å²) in [7, 11) is -3.83. The van der Waals surface area contributed by atoms with E-state index in [-0.39, 0.29) is 4.90 Å². The van der Waals surface area contributed by atoms with Crippen LogP contribution in [0.1, 0.15) is 17.2 Å². The molecule has 0 amide bonds. The average molecular weight is 478 g/mol. The summed E-state index contributed by atoms with van der Waals surface area (Å²) in [5.74, 6) is 0.556. The van der Waals surface area contributed by atoms with E-state index in [4.69, 9.17) is 21.7 Å². The van der Waals surface area contributed by atoms with E-state index in [0.29, 0.717) is 16.5 Å². The van der Waals surface area contributed by atoms with E-state index in [1.165, 1.54) is 12.1 Å². The van der Waals surface area contributed by atoms with E-state index < -0.39 is 22.3 Å². The van der Waals surface area contributed by atoms with Crippen molar-refractivity contribution in [2.45, 2.75) is 17.2 Å². The molecule has 166 valence electrons. The summed E-state index contributed by atoms with van der Waals surface area (Å²) < 4.78 is 23.3. The van der Waals surface area contributed by atoms with Gasteiger partial charge in [-0.3, -0.25) is 9.89 Å². The number of amidine groups is 1. The van der Waals surface area contributed by atoms with Crippen LogP contribution < -0.4 is 10.0 Å². The largest absolute Gasteiger partial charge is 0.371 e. The fourth-order valence-corrected chi connectivity index (χ4v) is 4.69. The third-order valence-electron chi connectivity index (χ3n) is 5.70. The molecule has 4 aromatic carbocycles. The van der Waals surface area contributed by atoms with Crippen LogP contribution in [0, 0.1) is 0 Å². The molecule has 8 heteroatoms. The molecule has 0 fully saturated rings. The zero-order valence-electron chi connectivity index (χ0n) is 17.3. The third-order valence-corrected chi connectivity index (χ3v) is 6.88. The molecule has 1 aliphatic heterocycles. The minimum absolute atomic E-state index is 0.00371. The SMILES string of the molecule is NS(=O)(=O)c1ccc(N2C(c3ccc(Cl)cc3)=NC(c3ccc4ccccc4c3)C2O)cc1. The fourth-order valence-electron chi connectivity index (χ4n) is 4.05. The first kappa shape index (κ1) is 21.6. The first-order chi connectivity index (χ1) is 15.8. The van der Waals surface area contributed by atoms with Crippen LogP contribution in [-0.4, -0.2) is 25.6 Å². The summed E-state index contributed by atoms with van der Waals surface area (Å²) in [4.78, 5) is 6.57. The third kappa shape index (κ3) is 4.12. The number of aliphatic hydroxyl groups is 1. The zero-order valence-corrected chi connectivity index (χ0v) is 18.9. The quantitative estimate of drug-likeness (QED) is 0.453. The van der Waals surface area contributed by atoms with Crippen molar-refractivity contribution >= 4 is 43.9 Å². The van der Waals surface area contributed by atoms with Gasteiger partial charge in [-0.25, -0.2) is 13.6 Å². The van der Waals surface area contributed by atoms with Gasteiger partial charge in [-0.1, -0.05) is 48.0 Å². The fraction of sp³-hybridized carbons (Fsp3) is 0.0800. The highest BCUT2D eigenvalue weighted by Gasteiger charge is 2.37. The van der Waals surface area contributed by atoms with Crippen molar-refractivity contribution in [3.05, 3.63) is 107 Å². The Balaban J connectivity index is 1.61. The van der Waals surface area contributed by atoms with Crippen molar-refractivity contribution in [1.29, 1.82) is 0 Å². The topological polar surface area (TPSA) is 96.0 Å². The number of primary sulfonamides is 1. The second-order valence-corrected chi connectivity index (χ2v) is 9.83. The molecule has 2 unspecified atom stereocenters. The monoisotopic (exact) mass is 477 g/mol. The number of halogens is 1. The average Bonchev–Trinajstić information content (AvgIpc) is 3.15. The molecule has 0 radical (unpaired) electrons. The maximum absolute atomic E-state index is 11.7. The highest BCUT2D eigenvalue weighted by molar-refractivity contribution is 7.89. The second kappa shape index (κ2) is 8.28. The first-order valence-electron chi connectivity index (χ1n) is 10.2. The van der Waals surface area contributed by atoms with Crippen molar-refractivity contribution < 1.29 is 13.5 Å². The Bertz CT molecular complexity index is 1470. The summed E-state index contributed by atoms with van der Waals surface area (Å²) in [5, 5.41) is 19.4. The lowest BCUT2D eigenvalue weighted by molar-refractivity contribution is 0.165. The number of benzene rings is 4. The predicted molar refractivity (Wildman–Crippen MR) is 131 cm³/mol. The number of nitrogens with two attached hydrogens (primary N) is 1. The smallest absolute Gasteiger partial charge is 0.238 e. The van der Waals surface area contributed by atoms with Gasteiger partial charge in [0.25, 0.3) is 0 Å². The molecule has 5 rings (SSSR count). The van der Waals surface area contributed by atoms with Crippen LogP contribution in [0.4, 0.5) is 5.69 Å². The number of sulfonamides is 1. The number of fused-ring (bicyclic) bond motifs is 1. The Morgan fingerprint density at radius 3 is 2.21 bits per heavy atom. The van der Waals surface area contributed by atoms with Crippen LogP contribution in [0.3, 0.4) is 0 Å². The summed E-state index contributed by atoms with van der Waals surface area (Å²) in [6, 6.07) is 26.7. The van der Waals surface area contributed by atoms with E-state index in [1.807, 2.05) is 54.6 Å². The van der Waals surface area contributed by atoms with Gasteiger partial charge in [0.2, 0.25) is 10.0 Å². The number of aliphatic hydroxyl groups excluding tert-OH is 1. The van der Waals surface area contributed by atoms with E-state index in [0.717, 1.165) is 21.9 Å². The lowest BCUT2D eigenvalue weighted by Gasteiger charge is -2.27. The van der Waals surface area contributed by atoms with Gasteiger partial charge in [0, 0.05) is 16.3 Å². The lowest BCUT2D eigenvalue weighted by atomic mass is 10.0. The molecule has 33 heavy (non-hydrogen) atoms. The van der Waals surface area contributed by atoms with E-state index in [2.05, 4.69) is 0 Å². The lowest BCUT2D eigenvalue weighted by Crippen LogP contribution is -2.38. The standard InChI is InChI=1S/C25H20ClN3O3S/c26-20-9-7-17(8-10-20)24-28-23(19-6-5-16-3-1-2-4-18(16)15-19)25(30)29(24)21-11-13-22(14-12-21)33(27,31)32/h1-15,23,25,30H,(H2,27,31,32).